The molecule has 1 fully saturated rings. The number of hydrogen-bond donors (Lipinski definition) is 2. The maximum atomic E-state index is 12.3. The molecule has 0 atom stereocenters. The minimum Gasteiger partial charge on any atom is -0.480 e. The van der Waals surface area contributed by atoms with E-state index in [0.29, 0.717) is 13.0 Å². The van der Waals surface area contributed by atoms with E-state index < -0.39 is 5.97 Å². The lowest BCUT2D eigenvalue weighted by atomic mass is 10.4. The number of amides is 3. The van der Waals surface area contributed by atoms with Gasteiger partial charge < -0.3 is 20.2 Å². The third-order valence-corrected chi connectivity index (χ3v) is 2.92. The first-order valence-electron chi connectivity index (χ1n) is 6.47. The van der Waals surface area contributed by atoms with E-state index in [0.717, 1.165) is 12.8 Å². The zero-order chi connectivity index (χ0) is 14.4. The number of nitrogens with zero attached hydrogens (tertiary/aromatic N) is 2. The number of hydrogen-bond acceptors (Lipinski definition) is 3. The summed E-state index contributed by atoms with van der Waals surface area (Å²) < 4.78 is 0. The number of likely N-dealkylation sites (N-methyl/N-ethyl adjacent to an activating group) is 1. The first-order valence-corrected chi connectivity index (χ1v) is 6.47. The van der Waals surface area contributed by atoms with Gasteiger partial charge in [-0.05, 0) is 19.3 Å². The van der Waals surface area contributed by atoms with Gasteiger partial charge in [0.05, 0.1) is 0 Å². The first kappa shape index (κ1) is 15.3. The van der Waals surface area contributed by atoms with E-state index in [1.807, 2.05) is 6.92 Å². The van der Waals surface area contributed by atoms with Crippen LogP contribution in [-0.4, -0.2) is 65.5 Å². The maximum Gasteiger partial charge on any atom is 0.323 e. The van der Waals surface area contributed by atoms with Crippen molar-refractivity contribution in [3.05, 3.63) is 0 Å². The summed E-state index contributed by atoms with van der Waals surface area (Å²) in [6.45, 7) is 2.00. The van der Waals surface area contributed by atoms with E-state index in [1.165, 1.54) is 16.8 Å². The summed E-state index contributed by atoms with van der Waals surface area (Å²) in [4.78, 5) is 37.3. The fraction of sp³-hybridized carbons (Fsp3) is 0.750. The molecule has 1 saturated carbocycles. The molecule has 7 heteroatoms. The Balaban J connectivity index is 2.71. The number of carbonyl (C=O) groups excluding carboxylic acids is 2. The Kier molecular flexibility index (Phi) is 5.59. The van der Waals surface area contributed by atoms with Crippen LogP contribution >= 0.6 is 0 Å². The molecule has 0 saturated heterocycles. The van der Waals surface area contributed by atoms with Crippen LogP contribution in [0.3, 0.4) is 0 Å². The summed E-state index contributed by atoms with van der Waals surface area (Å²) >= 11 is 0. The summed E-state index contributed by atoms with van der Waals surface area (Å²) in [5.74, 6) is -1.29. The smallest absolute Gasteiger partial charge is 0.323 e. The molecule has 0 bridgehead atoms. The molecule has 0 aliphatic heterocycles. The molecule has 0 radical (unpaired) electrons. The fourth-order valence-electron chi connectivity index (χ4n) is 1.83. The molecule has 0 unspecified atom stereocenters. The second-order valence-corrected chi connectivity index (χ2v) is 4.63. The molecule has 2 N–H and O–H groups in total. The van der Waals surface area contributed by atoms with Crippen molar-refractivity contribution in [3.63, 3.8) is 0 Å². The predicted octanol–water partition coefficient (Wildman–Crippen LogP) is 0.113. The Morgan fingerprint density at radius 3 is 2.32 bits per heavy atom. The van der Waals surface area contributed by atoms with Crippen molar-refractivity contribution in [2.24, 2.45) is 0 Å². The van der Waals surface area contributed by atoms with Crippen molar-refractivity contribution >= 4 is 17.9 Å². The number of rotatable bonds is 7. The van der Waals surface area contributed by atoms with Gasteiger partial charge in [-0.2, -0.15) is 0 Å². The molecular formula is C12H21N3O4. The largest absolute Gasteiger partial charge is 0.480 e. The molecule has 0 spiro atoms. The SMILES string of the molecule is CCCN(CC(=O)NC)C(=O)N(CC(=O)O)C1CC1. The molecule has 1 rings (SSSR count). The molecule has 19 heavy (non-hydrogen) atoms. The number of nitrogens with one attached hydrogen (secondary N) is 1. The maximum absolute atomic E-state index is 12.3. The van der Waals surface area contributed by atoms with Gasteiger partial charge in [-0.3, -0.25) is 9.59 Å². The average molecular weight is 271 g/mol. The van der Waals surface area contributed by atoms with Crippen LogP contribution in [-0.2, 0) is 9.59 Å². The van der Waals surface area contributed by atoms with E-state index >= 15 is 0 Å². The van der Waals surface area contributed by atoms with Crippen LogP contribution in [0.5, 0.6) is 0 Å². The Labute approximate surface area is 112 Å². The summed E-state index contributed by atoms with van der Waals surface area (Å²) in [5.41, 5.74) is 0. The molecular weight excluding hydrogens is 250 g/mol. The molecule has 0 aromatic rings. The zero-order valence-electron chi connectivity index (χ0n) is 11.4. The Morgan fingerprint density at radius 1 is 1.26 bits per heavy atom. The highest BCUT2D eigenvalue weighted by molar-refractivity contribution is 5.86. The highest BCUT2D eigenvalue weighted by Gasteiger charge is 2.36. The lowest BCUT2D eigenvalue weighted by Crippen LogP contribution is -2.49. The van der Waals surface area contributed by atoms with Crippen molar-refractivity contribution < 1.29 is 19.5 Å². The summed E-state index contributed by atoms with van der Waals surface area (Å²) in [5, 5.41) is 11.3. The van der Waals surface area contributed by atoms with Crippen LogP contribution in [0.25, 0.3) is 0 Å². The summed E-state index contributed by atoms with van der Waals surface area (Å²) in [7, 11) is 1.51. The predicted molar refractivity (Wildman–Crippen MR) is 68.7 cm³/mol. The van der Waals surface area contributed by atoms with Gasteiger partial charge >= 0.3 is 12.0 Å². The standard InChI is InChI=1S/C12H21N3O4/c1-3-6-14(7-10(16)13-2)12(19)15(8-11(17)18)9-4-5-9/h9H,3-8H2,1-2H3,(H,13,16)(H,17,18). The fourth-order valence-corrected chi connectivity index (χ4v) is 1.83. The van der Waals surface area contributed by atoms with Crippen molar-refractivity contribution in [1.82, 2.24) is 15.1 Å². The Bertz CT molecular complexity index is 355. The second kappa shape index (κ2) is 6.96. The van der Waals surface area contributed by atoms with Gasteiger partial charge in [0, 0.05) is 19.6 Å². The number of urea groups is 1. The van der Waals surface area contributed by atoms with Gasteiger partial charge in [0.25, 0.3) is 0 Å². The Morgan fingerprint density at radius 2 is 1.89 bits per heavy atom. The van der Waals surface area contributed by atoms with E-state index in [-0.39, 0.29) is 31.1 Å². The number of aliphatic carboxylic acids is 1. The molecule has 108 valence electrons. The lowest BCUT2D eigenvalue weighted by molar-refractivity contribution is -0.137. The quantitative estimate of drug-likeness (QED) is 0.688. The van der Waals surface area contributed by atoms with Gasteiger partial charge in [-0.15, -0.1) is 0 Å². The third kappa shape index (κ3) is 4.76. The molecule has 3 amide bonds. The van der Waals surface area contributed by atoms with Crippen LogP contribution in [0.4, 0.5) is 4.79 Å². The van der Waals surface area contributed by atoms with Crippen molar-refractivity contribution in [3.8, 4) is 0 Å². The summed E-state index contributed by atoms with van der Waals surface area (Å²) in [6, 6.07) is -0.358. The normalized spacial score (nSPS) is 13.8. The highest BCUT2D eigenvalue weighted by atomic mass is 16.4. The highest BCUT2D eigenvalue weighted by Crippen LogP contribution is 2.27. The lowest BCUT2D eigenvalue weighted by Gasteiger charge is -2.29. The van der Waals surface area contributed by atoms with E-state index in [1.54, 1.807) is 0 Å². The van der Waals surface area contributed by atoms with Crippen LogP contribution in [0, 0.1) is 0 Å². The van der Waals surface area contributed by atoms with Gasteiger partial charge in [0.1, 0.15) is 13.1 Å². The number of carbonyl (C=O) groups is 3. The monoisotopic (exact) mass is 271 g/mol. The molecule has 0 aromatic heterocycles. The van der Waals surface area contributed by atoms with E-state index in [4.69, 9.17) is 5.11 Å². The van der Waals surface area contributed by atoms with Gasteiger partial charge in [0.15, 0.2) is 0 Å². The average Bonchev–Trinajstić information content (AvgIpc) is 3.18. The van der Waals surface area contributed by atoms with Crippen LogP contribution in [0.2, 0.25) is 0 Å². The molecule has 0 heterocycles. The van der Waals surface area contributed by atoms with Crippen LogP contribution in [0.1, 0.15) is 26.2 Å². The van der Waals surface area contributed by atoms with Crippen LogP contribution in [0.15, 0.2) is 0 Å². The minimum atomic E-state index is -1.03. The van der Waals surface area contributed by atoms with E-state index in [2.05, 4.69) is 5.32 Å². The van der Waals surface area contributed by atoms with Gasteiger partial charge in [0.2, 0.25) is 5.91 Å². The van der Waals surface area contributed by atoms with Crippen molar-refractivity contribution in [2.45, 2.75) is 32.2 Å². The van der Waals surface area contributed by atoms with E-state index in [9.17, 15) is 14.4 Å². The van der Waals surface area contributed by atoms with Crippen molar-refractivity contribution in [1.29, 1.82) is 0 Å². The third-order valence-electron chi connectivity index (χ3n) is 2.92. The topological polar surface area (TPSA) is 90.0 Å². The molecule has 1 aliphatic rings. The molecule has 1 aliphatic carbocycles. The van der Waals surface area contributed by atoms with Gasteiger partial charge in [-0.1, -0.05) is 6.92 Å². The minimum absolute atomic E-state index is 0.00708. The molecule has 0 aromatic carbocycles. The zero-order valence-corrected chi connectivity index (χ0v) is 11.4. The molecule has 7 nitrogen and oxygen atoms in total. The second-order valence-electron chi connectivity index (χ2n) is 4.63. The Hall–Kier alpha value is -1.79. The van der Waals surface area contributed by atoms with Crippen LogP contribution < -0.4 is 5.32 Å². The summed E-state index contributed by atoms with van der Waals surface area (Å²) in [6.07, 6.45) is 2.38. The first-order chi connectivity index (χ1) is 8.99. The number of carboxylic acid groups (broad SMARTS) is 1. The van der Waals surface area contributed by atoms with Gasteiger partial charge in [-0.25, -0.2) is 4.79 Å². The van der Waals surface area contributed by atoms with Crippen molar-refractivity contribution in [2.75, 3.05) is 26.7 Å². The number of carboxylic acids is 1.